The molecular weight excluding hydrogens is 182 g/mol. The summed E-state index contributed by atoms with van der Waals surface area (Å²) in [7, 11) is 0. The summed E-state index contributed by atoms with van der Waals surface area (Å²) in [6.07, 6.45) is 3.20. The summed E-state index contributed by atoms with van der Waals surface area (Å²) in [5, 5.41) is 13.7. The Balaban J connectivity index is 2.67. The quantitative estimate of drug-likeness (QED) is 0.773. The van der Waals surface area contributed by atoms with Crippen LogP contribution in [0.5, 0.6) is 0 Å². The number of hydrogen-bond acceptors (Lipinski definition) is 3. The maximum Gasteiger partial charge on any atom is 0.354 e. The van der Waals surface area contributed by atoms with Crippen molar-refractivity contribution in [2.75, 3.05) is 0 Å². The molecule has 0 bridgehead atoms. The van der Waals surface area contributed by atoms with Gasteiger partial charge < -0.3 is 5.11 Å². The summed E-state index contributed by atoms with van der Waals surface area (Å²) < 4.78 is 1.74. The summed E-state index contributed by atoms with van der Waals surface area (Å²) in [4.78, 5) is 14.5. The van der Waals surface area contributed by atoms with E-state index in [1.807, 2.05) is 6.92 Å². The summed E-state index contributed by atoms with van der Waals surface area (Å²) in [6.45, 7) is 2.67. The molecule has 0 aliphatic carbocycles. The van der Waals surface area contributed by atoms with Crippen LogP contribution < -0.4 is 0 Å². The van der Waals surface area contributed by atoms with Crippen molar-refractivity contribution in [3.8, 4) is 0 Å². The molecule has 2 rings (SSSR count). The second-order valence-corrected chi connectivity index (χ2v) is 2.89. The molecule has 0 saturated heterocycles. The Morgan fingerprint density at radius 2 is 2.36 bits per heavy atom. The van der Waals surface area contributed by atoms with E-state index in [2.05, 4.69) is 10.1 Å². The van der Waals surface area contributed by atoms with E-state index in [9.17, 15) is 4.79 Å². The number of nitrogens with zero attached hydrogens (tertiary/aromatic N) is 3. The molecular formula is C9H9N3O2. The fraction of sp³-hybridized carbons (Fsp3) is 0.222. The average molecular weight is 191 g/mol. The minimum Gasteiger partial charge on any atom is -0.477 e. The van der Waals surface area contributed by atoms with Crippen molar-refractivity contribution >= 4 is 16.9 Å². The van der Waals surface area contributed by atoms with E-state index in [0.29, 0.717) is 6.54 Å². The predicted octanol–water partition coefficient (Wildman–Crippen LogP) is 1.15. The van der Waals surface area contributed by atoms with Crippen molar-refractivity contribution in [1.29, 1.82) is 0 Å². The van der Waals surface area contributed by atoms with Gasteiger partial charge in [-0.1, -0.05) is 0 Å². The normalized spacial score (nSPS) is 10.6. The zero-order chi connectivity index (χ0) is 10.1. The van der Waals surface area contributed by atoms with Crippen LogP contribution in [0, 0.1) is 0 Å². The van der Waals surface area contributed by atoms with Gasteiger partial charge in [0, 0.05) is 18.1 Å². The number of rotatable bonds is 2. The molecule has 2 heterocycles. The number of aryl methyl sites for hydroxylation is 1. The highest BCUT2D eigenvalue weighted by Crippen LogP contribution is 2.13. The van der Waals surface area contributed by atoms with Crippen LogP contribution in [0.25, 0.3) is 10.9 Å². The molecule has 5 heteroatoms. The van der Waals surface area contributed by atoms with Crippen LogP contribution in [0.3, 0.4) is 0 Å². The van der Waals surface area contributed by atoms with E-state index >= 15 is 0 Å². The molecule has 5 nitrogen and oxygen atoms in total. The minimum absolute atomic E-state index is 0.0488. The molecule has 72 valence electrons. The third-order valence-corrected chi connectivity index (χ3v) is 2.04. The van der Waals surface area contributed by atoms with E-state index in [0.717, 1.165) is 10.9 Å². The number of pyridine rings is 1. The van der Waals surface area contributed by atoms with Gasteiger partial charge in [-0.05, 0) is 13.0 Å². The smallest absolute Gasteiger partial charge is 0.354 e. The van der Waals surface area contributed by atoms with Crippen LogP contribution >= 0.6 is 0 Å². The highest BCUT2D eigenvalue weighted by Gasteiger charge is 2.08. The highest BCUT2D eigenvalue weighted by atomic mass is 16.4. The van der Waals surface area contributed by atoms with Crippen LogP contribution in [-0.2, 0) is 6.54 Å². The number of hydrogen-bond donors (Lipinski definition) is 1. The molecule has 0 amide bonds. The maximum absolute atomic E-state index is 10.7. The predicted molar refractivity (Wildman–Crippen MR) is 50.2 cm³/mol. The fourth-order valence-electron chi connectivity index (χ4n) is 1.34. The van der Waals surface area contributed by atoms with E-state index in [1.165, 1.54) is 12.3 Å². The van der Waals surface area contributed by atoms with Crippen LogP contribution in [0.15, 0.2) is 18.5 Å². The molecule has 0 fully saturated rings. The number of carboxylic acid groups (broad SMARTS) is 1. The zero-order valence-electron chi connectivity index (χ0n) is 7.64. The Labute approximate surface area is 80.0 Å². The molecule has 0 spiro atoms. The first-order valence-corrected chi connectivity index (χ1v) is 4.27. The van der Waals surface area contributed by atoms with Gasteiger partial charge >= 0.3 is 5.97 Å². The lowest BCUT2D eigenvalue weighted by atomic mass is 10.3. The lowest BCUT2D eigenvalue weighted by Gasteiger charge is -1.98. The summed E-state index contributed by atoms with van der Waals surface area (Å²) >= 11 is 0. The van der Waals surface area contributed by atoms with E-state index in [4.69, 9.17) is 5.11 Å². The van der Waals surface area contributed by atoms with Gasteiger partial charge in [0.25, 0.3) is 0 Å². The topological polar surface area (TPSA) is 68.0 Å². The average Bonchev–Trinajstić information content (AvgIpc) is 2.59. The largest absolute Gasteiger partial charge is 0.477 e. The van der Waals surface area contributed by atoms with Gasteiger partial charge in [-0.2, -0.15) is 5.10 Å². The Morgan fingerprint density at radius 3 is 3.00 bits per heavy atom. The molecule has 0 aromatic carbocycles. The monoisotopic (exact) mass is 191 g/mol. The van der Waals surface area contributed by atoms with E-state index < -0.39 is 5.97 Å². The van der Waals surface area contributed by atoms with Crippen molar-refractivity contribution < 1.29 is 9.90 Å². The van der Waals surface area contributed by atoms with Crippen molar-refractivity contribution in [3.63, 3.8) is 0 Å². The number of fused-ring (bicyclic) bond motifs is 1. The first-order valence-electron chi connectivity index (χ1n) is 4.27. The first-order chi connectivity index (χ1) is 6.72. The second kappa shape index (κ2) is 3.10. The zero-order valence-corrected chi connectivity index (χ0v) is 7.64. The Hall–Kier alpha value is -1.91. The third-order valence-electron chi connectivity index (χ3n) is 2.04. The molecule has 0 radical (unpaired) electrons. The van der Waals surface area contributed by atoms with Gasteiger partial charge in [-0.25, -0.2) is 9.78 Å². The summed E-state index contributed by atoms with van der Waals surface area (Å²) in [6, 6.07) is 1.54. The summed E-state index contributed by atoms with van der Waals surface area (Å²) in [5.41, 5.74) is 0.854. The highest BCUT2D eigenvalue weighted by molar-refractivity contribution is 5.90. The lowest BCUT2D eigenvalue weighted by molar-refractivity contribution is 0.0690. The SMILES string of the molecule is CCn1ncc2cnc(C(=O)O)cc21. The van der Waals surface area contributed by atoms with Crippen molar-refractivity contribution in [1.82, 2.24) is 14.8 Å². The minimum atomic E-state index is -1.02. The maximum atomic E-state index is 10.7. The van der Waals surface area contributed by atoms with Crippen molar-refractivity contribution in [2.45, 2.75) is 13.5 Å². The molecule has 14 heavy (non-hydrogen) atoms. The third kappa shape index (κ3) is 1.22. The summed E-state index contributed by atoms with van der Waals surface area (Å²) in [5.74, 6) is -1.02. The standard InChI is InChI=1S/C9H9N3O2/c1-2-12-8-3-7(9(13)14)10-4-6(8)5-11-12/h3-5H,2H2,1H3,(H,13,14). The molecule has 2 aromatic heterocycles. The van der Waals surface area contributed by atoms with Gasteiger partial charge in [0.1, 0.15) is 5.69 Å². The first kappa shape index (κ1) is 8.68. The molecule has 0 saturated carbocycles. The van der Waals surface area contributed by atoms with E-state index in [-0.39, 0.29) is 5.69 Å². The second-order valence-electron chi connectivity index (χ2n) is 2.89. The van der Waals surface area contributed by atoms with Gasteiger partial charge in [-0.3, -0.25) is 4.68 Å². The van der Waals surface area contributed by atoms with Crippen LogP contribution in [-0.4, -0.2) is 25.8 Å². The molecule has 0 aliphatic heterocycles. The number of aromatic carboxylic acids is 1. The Bertz CT molecular complexity index is 490. The molecule has 1 N–H and O–H groups in total. The lowest BCUT2D eigenvalue weighted by Crippen LogP contribution is -2.01. The van der Waals surface area contributed by atoms with Crippen molar-refractivity contribution in [3.05, 3.63) is 24.2 Å². The van der Waals surface area contributed by atoms with Crippen molar-refractivity contribution in [2.24, 2.45) is 0 Å². The van der Waals surface area contributed by atoms with E-state index in [1.54, 1.807) is 10.9 Å². The van der Waals surface area contributed by atoms with Crippen LogP contribution in [0.1, 0.15) is 17.4 Å². The van der Waals surface area contributed by atoms with Gasteiger partial charge in [0.05, 0.1) is 11.7 Å². The van der Waals surface area contributed by atoms with Crippen LogP contribution in [0.4, 0.5) is 0 Å². The fourth-order valence-corrected chi connectivity index (χ4v) is 1.34. The Morgan fingerprint density at radius 1 is 1.57 bits per heavy atom. The Kier molecular flexibility index (Phi) is 1.92. The molecule has 0 aliphatic rings. The molecule has 2 aromatic rings. The van der Waals surface area contributed by atoms with Gasteiger partial charge in [0.15, 0.2) is 0 Å². The van der Waals surface area contributed by atoms with Gasteiger partial charge in [0.2, 0.25) is 0 Å². The number of aromatic nitrogens is 3. The number of carboxylic acids is 1. The van der Waals surface area contributed by atoms with Crippen LogP contribution in [0.2, 0.25) is 0 Å². The molecule has 0 unspecified atom stereocenters. The van der Waals surface area contributed by atoms with Gasteiger partial charge in [-0.15, -0.1) is 0 Å². The number of carbonyl (C=O) groups is 1. The molecule has 0 atom stereocenters.